The van der Waals surface area contributed by atoms with Crippen LogP contribution in [0.1, 0.15) is 41.3 Å². The zero-order chi connectivity index (χ0) is 35.4. The van der Waals surface area contributed by atoms with E-state index in [-0.39, 0.29) is 56.4 Å². The van der Waals surface area contributed by atoms with Crippen LogP contribution in [0.5, 0.6) is 28.7 Å². The number of aliphatic hydroxyl groups excluding tert-OH is 2. The van der Waals surface area contributed by atoms with Crippen LogP contribution in [0.15, 0.2) is 53.3 Å². The maximum Gasteiger partial charge on any atom is 0.410 e. The number of nitrogens with one attached hydrogen (secondary N) is 1. The highest BCUT2D eigenvalue weighted by atomic mass is 16.7. The number of ether oxygens (including phenoxy) is 6. The van der Waals surface area contributed by atoms with Crippen molar-refractivity contribution in [2.75, 3.05) is 47.3 Å². The average Bonchev–Trinajstić information content (AvgIpc) is 3.71. The number of carbonyl (C=O) groups excluding carboxylic acids is 2. The predicted molar refractivity (Wildman–Crippen MR) is 181 cm³/mol. The molecular formula is C36H39N3O11. The molecule has 6 rings (SSSR count). The molecule has 264 valence electrons. The Morgan fingerprint density at radius 1 is 0.980 bits per heavy atom. The van der Waals surface area contributed by atoms with E-state index in [2.05, 4.69) is 5.32 Å². The molecule has 50 heavy (non-hydrogen) atoms. The van der Waals surface area contributed by atoms with Crippen LogP contribution in [-0.4, -0.2) is 85.2 Å². The second-order valence-corrected chi connectivity index (χ2v) is 11.7. The van der Waals surface area contributed by atoms with Gasteiger partial charge in [-0.1, -0.05) is 19.1 Å². The second kappa shape index (κ2) is 15.1. The fourth-order valence-corrected chi connectivity index (χ4v) is 6.13. The first kappa shape index (κ1) is 34.5. The molecule has 1 aromatic heterocycles. The molecule has 2 heterocycles. The predicted octanol–water partition coefficient (Wildman–Crippen LogP) is 3.63. The highest BCUT2D eigenvalue weighted by molar-refractivity contribution is 6.27. The third-order valence-electron chi connectivity index (χ3n) is 8.56. The van der Waals surface area contributed by atoms with E-state index in [0.29, 0.717) is 75.0 Å². The van der Waals surface area contributed by atoms with Crippen molar-refractivity contribution < 1.29 is 48.2 Å². The van der Waals surface area contributed by atoms with Crippen LogP contribution in [0.2, 0.25) is 0 Å². The molecule has 0 spiro atoms. The van der Waals surface area contributed by atoms with E-state index in [9.17, 15) is 24.6 Å². The van der Waals surface area contributed by atoms with Crippen molar-refractivity contribution >= 4 is 22.6 Å². The highest BCUT2D eigenvalue weighted by Gasteiger charge is 2.36. The lowest BCUT2D eigenvalue weighted by Crippen LogP contribution is -2.36. The minimum atomic E-state index is -1.14. The summed E-state index contributed by atoms with van der Waals surface area (Å²) >= 11 is 0. The van der Waals surface area contributed by atoms with Crippen LogP contribution in [0, 0.1) is 0 Å². The molecule has 1 atom stereocenters. The number of hydrogen-bond acceptors (Lipinski definition) is 12. The van der Waals surface area contributed by atoms with Crippen LogP contribution >= 0.6 is 0 Å². The van der Waals surface area contributed by atoms with Crippen LogP contribution in [-0.2, 0) is 17.9 Å². The number of carbonyl (C=O) groups is 2. The number of rotatable bonds is 15. The van der Waals surface area contributed by atoms with Crippen molar-refractivity contribution in [3.05, 3.63) is 75.6 Å². The molecule has 3 N–H and O–H groups in total. The molecule has 3 aromatic carbocycles. The minimum Gasteiger partial charge on any atom is -0.493 e. The van der Waals surface area contributed by atoms with E-state index >= 15 is 0 Å². The fourth-order valence-electron chi connectivity index (χ4n) is 6.13. The molecule has 1 aliphatic heterocycles. The number of benzene rings is 3. The molecule has 0 saturated heterocycles. The van der Waals surface area contributed by atoms with Gasteiger partial charge >= 0.3 is 6.09 Å². The van der Waals surface area contributed by atoms with Gasteiger partial charge in [-0.25, -0.2) is 4.79 Å². The molecule has 14 heteroatoms. The Morgan fingerprint density at radius 2 is 1.66 bits per heavy atom. The number of nitrogens with zero attached hydrogens (tertiary/aromatic N) is 2. The van der Waals surface area contributed by atoms with E-state index in [0.717, 1.165) is 6.42 Å². The van der Waals surface area contributed by atoms with Crippen molar-refractivity contribution in [2.24, 2.45) is 0 Å². The number of ketones is 1. The summed E-state index contributed by atoms with van der Waals surface area (Å²) in [7, 11) is 2.95. The van der Waals surface area contributed by atoms with E-state index < -0.39 is 12.5 Å². The molecule has 1 unspecified atom stereocenters. The standard InChI is InChI=1S/C36H39N3O11/c1-4-10-37-35(43)50-22-8-6-21(7-9-22)19-47-36(44)38(13-14-40)11-5-12-39-32-24-16-29-30(49-20-48-29)17-25(24)33(41)31(32)23-15-27(45-2)28(46-3)18-26(23)34(39)42/h6-9,15-18,35,37,40,43H,4-5,10-14,19-20H2,1-3H3. The normalized spacial score (nSPS) is 13.2. The molecule has 0 radical (unpaired) electrons. The van der Waals surface area contributed by atoms with E-state index in [1.165, 1.54) is 23.7 Å². The highest BCUT2D eigenvalue weighted by Crippen LogP contribution is 2.47. The van der Waals surface area contributed by atoms with Gasteiger partial charge in [-0.15, -0.1) is 0 Å². The summed E-state index contributed by atoms with van der Waals surface area (Å²) in [4.78, 5) is 42.6. The lowest BCUT2D eigenvalue weighted by Gasteiger charge is -2.22. The largest absolute Gasteiger partial charge is 0.493 e. The van der Waals surface area contributed by atoms with Gasteiger partial charge in [0.1, 0.15) is 12.4 Å². The van der Waals surface area contributed by atoms with Gasteiger partial charge in [0.05, 0.1) is 37.5 Å². The number of methoxy groups -OCH3 is 2. The van der Waals surface area contributed by atoms with Crippen molar-refractivity contribution in [1.82, 2.24) is 14.8 Å². The number of hydrogen-bond donors (Lipinski definition) is 3. The molecule has 0 fully saturated rings. The maximum absolute atomic E-state index is 14.2. The average molecular weight is 690 g/mol. The van der Waals surface area contributed by atoms with E-state index in [1.807, 2.05) is 6.92 Å². The maximum atomic E-state index is 14.2. The quantitative estimate of drug-likeness (QED) is 0.137. The Kier molecular flexibility index (Phi) is 10.4. The second-order valence-electron chi connectivity index (χ2n) is 11.7. The van der Waals surface area contributed by atoms with Gasteiger partial charge in [-0.05, 0) is 54.8 Å². The zero-order valence-corrected chi connectivity index (χ0v) is 28.0. The van der Waals surface area contributed by atoms with Gasteiger partial charge in [-0.3, -0.25) is 14.9 Å². The lowest BCUT2D eigenvalue weighted by molar-refractivity contribution is -0.0434. The Morgan fingerprint density at radius 3 is 2.32 bits per heavy atom. The number of fused-ring (bicyclic) bond motifs is 6. The Hall–Kier alpha value is -5.31. The SMILES string of the molecule is CCCNC(O)Oc1ccc(COC(=O)N(CCO)CCCn2c3c(c4cc(OC)c(OC)cc4c2=O)C(=O)c2cc4c(cc2-3)OCO4)cc1. The smallest absolute Gasteiger partial charge is 0.410 e. The first-order chi connectivity index (χ1) is 24.3. The van der Waals surface area contributed by atoms with Gasteiger partial charge in [-0.2, -0.15) is 0 Å². The van der Waals surface area contributed by atoms with Crippen molar-refractivity contribution in [1.29, 1.82) is 0 Å². The first-order valence-electron chi connectivity index (χ1n) is 16.3. The van der Waals surface area contributed by atoms with Crippen molar-refractivity contribution in [2.45, 2.75) is 39.3 Å². The van der Waals surface area contributed by atoms with Crippen LogP contribution in [0.4, 0.5) is 4.79 Å². The molecular weight excluding hydrogens is 650 g/mol. The minimum absolute atomic E-state index is 0.0147. The first-order valence-corrected chi connectivity index (χ1v) is 16.3. The summed E-state index contributed by atoms with van der Waals surface area (Å²) < 4.78 is 34.6. The van der Waals surface area contributed by atoms with Crippen molar-refractivity contribution in [3.63, 3.8) is 0 Å². The Labute approximate surface area is 287 Å². The van der Waals surface area contributed by atoms with Gasteiger partial charge in [0.25, 0.3) is 12.0 Å². The van der Waals surface area contributed by atoms with E-state index in [1.54, 1.807) is 48.5 Å². The lowest BCUT2D eigenvalue weighted by atomic mass is 10.0. The molecule has 1 aliphatic carbocycles. The van der Waals surface area contributed by atoms with Gasteiger partial charge in [0, 0.05) is 42.7 Å². The number of amides is 1. The van der Waals surface area contributed by atoms with Gasteiger partial charge < -0.3 is 48.1 Å². The fraction of sp³-hybridized carbons (Fsp3) is 0.361. The molecule has 0 saturated carbocycles. The summed E-state index contributed by atoms with van der Waals surface area (Å²) in [6.07, 6.45) is -0.631. The topological polar surface area (TPSA) is 167 Å². The molecule has 0 bridgehead atoms. The van der Waals surface area contributed by atoms with Gasteiger partial charge in [0.15, 0.2) is 28.8 Å². The number of pyridine rings is 1. The monoisotopic (exact) mass is 689 g/mol. The van der Waals surface area contributed by atoms with Crippen LogP contribution in [0.25, 0.3) is 22.0 Å². The summed E-state index contributed by atoms with van der Waals surface area (Å²) in [5.41, 5.74) is 2.04. The third kappa shape index (κ3) is 6.77. The summed E-state index contributed by atoms with van der Waals surface area (Å²) in [5, 5.41) is 23.1. The Bertz CT molecular complexity index is 1960. The van der Waals surface area contributed by atoms with Crippen LogP contribution in [0.3, 0.4) is 0 Å². The van der Waals surface area contributed by atoms with E-state index in [4.69, 9.17) is 28.4 Å². The van der Waals surface area contributed by atoms with Crippen molar-refractivity contribution in [3.8, 4) is 40.0 Å². The molecule has 2 aliphatic rings. The Balaban J connectivity index is 1.22. The van der Waals surface area contributed by atoms with Gasteiger partial charge in [0.2, 0.25) is 6.79 Å². The molecule has 14 nitrogen and oxygen atoms in total. The molecule has 4 aromatic rings. The molecule has 1 amide bonds. The zero-order valence-electron chi connectivity index (χ0n) is 28.0. The third-order valence-corrected chi connectivity index (χ3v) is 8.56. The number of aliphatic hydroxyl groups is 2. The number of aromatic nitrogens is 1. The summed E-state index contributed by atoms with van der Waals surface area (Å²) in [6, 6.07) is 13.3. The van der Waals surface area contributed by atoms with Crippen LogP contribution < -0.4 is 34.6 Å². The summed E-state index contributed by atoms with van der Waals surface area (Å²) in [5.74, 6) is 1.81. The summed E-state index contributed by atoms with van der Waals surface area (Å²) in [6.45, 7) is 2.59.